The molecule has 0 aliphatic heterocycles. The number of aromatic amines is 1. The highest BCUT2D eigenvalue weighted by Crippen LogP contribution is 2.19. The van der Waals surface area contributed by atoms with Crippen molar-refractivity contribution in [1.82, 2.24) is 20.9 Å². The minimum Gasteiger partial charge on any atom is -0.481 e. The quantitative estimate of drug-likeness (QED) is 0.185. The van der Waals surface area contributed by atoms with Gasteiger partial charge >= 0.3 is 11.9 Å². The molecule has 1 aromatic carbocycles. The second kappa shape index (κ2) is 13.6. The van der Waals surface area contributed by atoms with Gasteiger partial charge < -0.3 is 36.9 Å². The zero-order valence-electron chi connectivity index (χ0n) is 22.0. The molecule has 0 radical (unpaired) electrons. The summed E-state index contributed by atoms with van der Waals surface area (Å²) in [5.74, 6) is -5.60. The Bertz CT molecular complexity index is 1160. The van der Waals surface area contributed by atoms with Gasteiger partial charge in [0.25, 0.3) is 0 Å². The Labute approximate surface area is 220 Å². The van der Waals surface area contributed by atoms with Gasteiger partial charge in [-0.1, -0.05) is 52.3 Å². The van der Waals surface area contributed by atoms with Gasteiger partial charge in [-0.25, -0.2) is 4.79 Å². The van der Waals surface area contributed by atoms with Gasteiger partial charge in [0.1, 0.15) is 18.1 Å². The molecular weight excluding hydrogens is 494 g/mol. The number of carboxylic acids is 2. The van der Waals surface area contributed by atoms with Crippen LogP contribution in [0.15, 0.2) is 30.5 Å². The Kier molecular flexibility index (Phi) is 10.8. The number of carbonyl (C=O) groups is 5. The lowest BCUT2D eigenvalue weighted by Gasteiger charge is -2.28. The molecule has 3 amide bonds. The number of benzene rings is 1. The number of hydrogen-bond donors (Lipinski definition) is 7. The number of amides is 3. The van der Waals surface area contributed by atoms with Crippen molar-refractivity contribution in [2.45, 2.75) is 71.1 Å². The molecule has 0 saturated carbocycles. The Hall–Kier alpha value is -3.93. The van der Waals surface area contributed by atoms with E-state index in [-0.39, 0.29) is 12.3 Å². The molecule has 5 unspecified atom stereocenters. The van der Waals surface area contributed by atoms with E-state index in [1.54, 1.807) is 33.9 Å². The molecule has 2 aromatic rings. The monoisotopic (exact) mass is 531 g/mol. The third-order valence-corrected chi connectivity index (χ3v) is 6.54. The first-order chi connectivity index (χ1) is 17.8. The van der Waals surface area contributed by atoms with Crippen molar-refractivity contribution in [2.75, 3.05) is 0 Å². The van der Waals surface area contributed by atoms with Crippen LogP contribution in [0.25, 0.3) is 10.9 Å². The predicted molar refractivity (Wildman–Crippen MR) is 140 cm³/mol. The smallest absolute Gasteiger partial charge is 0.326 e. The van der Waals surface area contributed by atoms with Crippen LogP contribution >= 0.6 is 0 Å². The summed E-state index contributed by atoms with van der Waals surface area (Å²) in [5, 5.41) is 27.2. The summed E-state index contributed by atoms with van der Waals surface area (Å²) in [6.07, 6.45) is 1.40. The predicted octanol–water partition coefficient (Wildman–Crippen LogP) is 0.754. The number of aliphatic carboxylic acids is 2. The lowest BCUT2D eigenvalue weighted by atomic mass is 9.96. The lowest BCUT2D eigenvalue weighted by molar-refractivity contribution is -0.143. The normalized spacial score (nSPS) is 15.2. The van der Waals surface area contributed by atoms with Gasteiger partial charge in [-0.15, -0.1) is 0 Å². The summed E-state index contributed by atoms with van der Waals surface area (Å²) < 4.78 is 0. The standard InChI is InChI=1S/C26H37N5O7/c1-5-14(4)22(31-23(34)18(11-20(32)33)29-24(35)21(27)13(2)3)25(36)30-19(26(37)38)10-15-12-28-17-9-7-6-8-16(15)17/h6-9,12-14,18-19,21-22,28H,5,10-11,27H2,1-4H3,(H,29,35)(H,30,36)(H,31,34)(H,32,33)(H,37,38). The molecule has 8 N–H and O–H groups in total. The highest BCUT2D eigenvalue weighted by molar-refractivity contribution is 5.96. The number of nitrogens with two attached hydrogens (primary N) is 1. The summed E-state index contributed by atoms with van der Waals surface area (Å²) in [6, 6.07) is 2.44. The molecule has 0 saturated heterocycles. The van der Waals surface area contributed by atoms with Crippen LogP contribution in [0.2, 0.25) is 0 Å². The minimum absolute atomic E-state index is 0.00293. The van der Waals surface area contributed by atoms with Crippen molar-refractivity contribution >= 4 is 40.6 Å². The van der Waals surface area contributed by atoms with Gasteiger partial charge in [0.05, 0.1) is 12.5 Å². The number of aromatic nitrogens is 1. The maximum absolute atomic E-state index is 13.2. The van der Waals surface area contributed by atoms with E-state index >= 15 is 0 Å². The molecular formula is C26H37N5O7. The molecule has 0 bridgehead atoms. The topological polar surface area (TPSA) is 204 Å². The fourth-order valence-electron chi connectivity index (χ4n) is 3.89. The Morgan fingerprint density at radius 2 is 1.55 bits per heavy atom. The fourth-order valence-corrected chi connectivity index (χ4v) is 3.89. The van der Waals surface area contributed by atoms with E-state index < -0.39 is 66.2 Å². The highest BCUT2D eigenvalue weighted by Gasteiger charge is 2.34. The Balaban J connectivity index is 2.21. The zero-order valence-corrected chi connectivity index (χ0v) is 22.0. The van der Waals surface area contributed by atoms with E-state index in [1.807, 2.05) is 24.3 Å². The van der Waals surface area contributed by atoms with E-state index in [0.717, 1.165) is 10.9 Å². The molecule has 5 atom stereocenters. The third kappa shape index (κ3) is 8.04. The van der Waals surface area contributed by atoms with Crippen LogP contribution in [-0.4, -0.2) is 69.0 Å². The maximum Gasteiger partial charge on any atom is 0.326 e. The van der Waals surface area contributed by atoms with Crippen molar-refractivity contribution in [2.24, 2.45) is 17.6 Å². The van der Waals surface area contributed by atoms with Crippen LogP contribution in [0, 0.1) is 11.8 Å². The Morgan fingerprint density at radius 1 is 0.921 bits per heavy atom. The first-order valence-electron chi connectivity index (χ1n) is 12.5. The molecule has 0 spiro atoms. The van der Waals surface area contributed by atoms with E-state index in [4.69, 9.17) is 5.73 Å². The molecule has 2 rings (SSSR count). The van der Waals surface area contributed by atoms with Crippen LogP contribution in [0.4, 0.5) is 0 Å². The summed E-state index contributed by atoms with van der Waals surface area (Å²) in [4.78, 5) is 65.1. The Morgan fingerprint density at radius 3 is 2.13 bits per heavy atom. The van der Waals surface area contributed by atoms with Crippen LogP contribution in [0.5, 0.6) is 0 Å². The van der Waals surface area contributed by atoms with Gasteiger partial charge in [-0.2, -0.15) is 0 Å². The number of hydrogen-bond acceptors (Lipinski definition) is 6. The van der Waals surface area contributed by atoms with Crippen molar-refractivity contribution in [3.05, 3.63) is 36.0 Å². The zero-order chi connectivity index (χ0) is 28.6. The lowest BCUT2D eigenvalue weighted by Crippen LogP contribution is -2.59. The summed E-state index contributed by atoms with van der Waals surface area (Å²) in [5.41, 5.74) is 7.34. The molecule has 0 aliphatic carbocycles. The molecule has 1 heterocycles. The molecule has 1 aromatic heterocycles. The second-order valence-electron chi connectivity index (χ2n) is 9.76. The minimum atomic E-state index is -1.48. The highest BCUT2D eigenvalue weighted by atomic mass is 16.4. The average molecular weight is 532 g/mol. The number of carbonyl (C=O) groups excluding carboxylic acids is 3. The van der Waals surface area contributed by atoms with Gasteiger partial charge in [0.15, 0.2) is 0 Å². The van der Waals surface area contributed by atoms with Crippen LogP contribution in [0.3, 0.4) is 0 Å². The number of fused-ring (bicyclic) bond motifs is 1. The molecule has 0 aliphatic rings. The van der Waals surface area contributed by atoms with E-state index in [0.29, 0.717) is 12.0 Å². The number of para-hydroxylation sites is 1. The number of H-pyrrole nitrogens is 1. The second-order valence-corrected chi connectivity index (χ2v) is 9.76. The van der Waals surface area contributed by atoms with Crippen LogP contribution < -0.4 is 21.7 Å². The van der Waals surface area contributed by atoms with E-state index in [2.05, 4.69) is 20.9 Å². The largest absolute Gasteiger partial charge is 0.481 e. The van der Waals surface area contributed by atoms with Crippen LogP contribution in [-0.2, 0) is 30.4 Å². The van der Waals surface area contributed by atoms with Gasteiger partial charge in [0, 0.05) is 23.5 Å². The molecule has 12 heteroatoms. The van der Waals surface area contributed by atoms with Gasteiger partial charge in [-0.05, 0) is 23.5 Å². The number of rotatable bonds is 14. The summed E-state index contributed by atoms with van der Waals surface area (Å²) in [6.45, 7) is 6.89. The van der Waals surface area contributed by atoms with Crippen molar-refractivity contribution < 1.29 is 34.2 Å². The number of nitrogens with one attached hydrogen (secondary N) is 4. The van der Waals surface area contributed by atoms with Crippen LogP contribution in [0.1, 0.15) is 46.1 Å². The van der Waals surface area contributed by atoms with Crippen molar-refractivity contribution in [3.8, 4) is 0 Å². The SMILES string of the molecule is CCC(C)C(NC(=O)C(CC(=O)O)NC(=O)C(N)C(C)C)C(=O)NC(Cc1c[nH]c2ccccc12)C(=O)O. The van der Waals surface area contributed by atoms with Gasteiger partial charge in [-0.3, -0.25) is 19.2 Å². The van der Waals surface area contributed by atoms with E-state index in [9.17, 15) is 34.2 Å². The first-order valence-corrected chi connectivity index (χ1v) is 12.5. The average Bonchev–Trinajstić information content (AvgIpc) is 3.27. The fraction of sp³-hybridized carbons (Fsp3) is 0.500. The first kappa shape index (κ1) is 30.3. The molecule has 0 fully saturated rings. The summed E-state index contributed by atoms with van der Waals surface area (Å²) >= 11 is 0. The molecule has 208 valence electrons. The molecule has 12 nitrogen and oxygen atoms in total. The third-order valence-electron chi connectivity index (χ3n) is 6.54. The molecule has 38 heavy (non-hydrogen) atoms. The maximum atomic E-state index is 13.2. The van der Waals surface area contributed by atoms with E-state index in [1.165, 1.54) is 0 Å². The summed E-state index contributed by atoms with van der Waals surface area (Å²) in [7, 11) is 0. The van der Waals surface area contributed by atoms with Crippen molar-refractivity contribution in [1.29, 1.82) is 0 Å². The number of carboxylic acid groups (broad SMARTS) is 2. The van der Waals surface area contributed by atoms with Gasteiger partial charge in [0.2, 0.25) is 17.7 Å². The van der Waals surface area contributed by atoms with Crippen molar-refractivity contribution in [3.63, 3.8) is 0 Å².